The summed E-state index contributed by atoms with van der Waals surface area (Å²) in [5.41, 5.74) is 3.39. The van der Waals surface area contributed by atoms with Crippen molar-refractivity contribution in [2.45, 2.75) is 24.5 Å². The maximum absolute atomic E-state index is 13.2. The first kappa shape index (κ1) is 25.5. The van der Waals surface area contributed by atoms with Crippen molar-refractivity contribution in [2.24, 2.45) is 0 Å². The number of para-hydroxylation sites is 2. The lowest BCUT2D eigenvalue weighted by molar-refractivity contribution is -0.116. The van der Waals surface area contributed by atoms with Crippen LogP contribution in [0, 0.1) is 0 Å². The van der Waals surface area contributed by atoms with Crippen molar-refractivity contribution in [1.29, 1.82) is 0 Å². The van der Waals surface area contributed by atoms with Gasteiger partial charge in [-0.15, -0.1) is 10.2 Å². The summed E-state index contributed by atoms with van der Waals surface area (Å²) in [6.45, 7) is 0.842. The number of nitrogens with zero attached hydrogens (tertiary/aromatic N) is 4. The Balaban J connectivity index is 1.34. The summed E-state index contributed by atoms with van der Waals surface area (Å²) >= 11 is 10.9. The Morgan fingerprint density at radius 2 is 1.81 bits per heavy atom. The van der Waals surface area contributed by atoms with Gasteiger partial charge in [0.2, 0.25) is 5.91 Å². The van der Waals surface area contributed by atoms with Gasteiger partial charge in [0.25, 0.3) is 5.91 Å². The van der Waals surface area contributed by atoms with Gasteiger partial charge in [-0.3, -0.25) is 14.2 Å². The van der Waals surface area contributed by atoms with Crippen molar-refractivity contribution >= 4 is 56.8 Å². The van der Waals surface area contributed by atoms with Crippen LogP contribution in [0.25, 0.3) is 5.69 Å². The number of carbonyl (C=O) groups excluding carboxylic acids is 2. The number of hydrogen-bond acceptors (Lipinski definition) is 5. The predicted octanol–water partition coefficient (Wildman–Crippen LogP) is 5.68. The predicted molar refractivity (Wildman–Crippen MR) is 150 cm³/mol. The third-order valence-corrected chi connectivity index (χ3v) is 7.77. The molecule has 0 spiro atoms. The fourth-order valence-corrected chi connectivity index (χ4v) is 5.68. The summed E-state index contributed by atoms with van der Waals surface area (Å²) in [5, 5.41) is 12.5. The number of anilines is 1. The van der Waals surface area contributed by atoms with Crippen LogP contribution in [0.2, 0.25) is 5.02 Å². The maximum atomic E-state index is 13.2. The minimum Gasteiger partial charge on any atom is -0.345 e. The number of benzene rings is 3. The van der Waals surface area contributed by atoms with E-state index in [9.17, 15) is 9.59 Å². The van der Waals surface area contributed by atoms with Gasteiger partial charge in [-0.2, -0.15) is 0 Å². The Kier molecular flexibility index (Phi) is 7.93. The van der Waals surface area contributed by atoms with Gasteiger partial charge in [-0.1, -0.05) is 75.7 Å². The van der Waals surface area contributed by atoms with Gasteiger partial charge in [-0.25, -0.2) is 0 Å². The molecule has 0 saturated heterocycles. The first-order chi connectivity index (χ1) is 18.0. The zero-order chi connectivity index (χ0) is 25.8. The highest BCUT2D eigenvalue weighted by molar-refractivity contribution is 9.10. The molecule has 0 radical (unpaired) electrons. The van der Waals surface area contributed by atoms with Gasteiger partial charge in [-0.05, 0) is 54.8 Å². The van der Waals surface area contributed by atoms with E-state index in [1.807, 2.05) is 58.0 Å². The Labute approximate surface area is 232 Å². The normalized spacial score (nSPS) is 12.8. The molecule has 3 aromatic carbocycles. The highest BCUT2D eigenvalue weighted by Crippen LogP contribution is 2.29. The lowest BCUT2D eigenvalue weighted by Gasteiger charge is -2.29. The Morgan fingerprint density at radius 3 is 2.65 bits per heavy atom. The molecular weight excluding hydrogens is 574 g/mol. The van der Waals surface area contributed by atoms with Crippen LogP contribution in [-0.2, 0) is 17.8 Å². The van der Waals surface area contributed by atoms with E-state index < -0.39 is 0 Å². The van der Waals surface area contributed by atoms with Crippen molar-refractivity contribution in [2.75, 3.05) is 17.2 Å². The number of halogens is 2. The standard InChI is InChI=1S/C27H23BrClN5O2S/c28-19-12-13-22(29)21(15-19)26(36)30-16-24-31-32-27(34(24)20-9-2-1-3-10-20)37-17-25(35)33-14-6-8-18-7-4-5-11-23(18)33/h1-5,7,9-13,15H,6,8,14,16-17H2,(H,30,36). The van der Waals surface area contributed by atoms with Crippen LogP contribution in [0.15, 0.2) is 82.4 Å². The highest BCUT2D eigenvalue weighted by Gasteiger charge is 2.24. The number of amides is 2. The average Bonchev–Trinajstić information content (AvgIpc) is 3.34. The zero-order valence-corrected chi connectivity index (χ0v) is 22.9. The van der Waals surface area contributed by atoms with Crippen LogP contribution in [-0.4, -0.2) is 38.9 Å². The Bertz CT molecular complexity index is 1450. The fraction of sp³-hybridized carbons (Fsp3) is 0.185. The lowest BCUT2D eigenvalue weighted by Crippen LogP contribution is -2.36. The number of hydrogen-bond donors (Lipinski definition) is 1. The van der Waals surface area contributed by atoms with E-state index in [0.29, 0.717) is 28.1 Å². The molecule has 2 heterocycles. The van der Waals surface area contributed by atoms with E-state index in [1.165, 1.54) is 17.3 Å². The summed E-state index contributed by atoms with van der Waals surface area (Å²) in [5.74, 6) is 0.476. The molecule has 4 aromatic rings. The number of thioether (sulfide) groups is 1. The molecule has 1 N–H and O–H groups in total. The van der Waals surface area contributed by atoms with E-state index >= 15 is 0 Å². The second-order valence-electron chi connectivity index (χ2n) is 8.44. The van der Waals surface area contributed by atoms with Gasteiger partial charge in [0.1, 0.15) is 0 Å². The Morgan fingerprint density at radius 1 is 1.03 bits per heavy atom. The number of aryl methyl sites for hydroxylation is 1. The van der Waals surface area contributed by atoms with Crippen LogP contribution < -0.4 is 10.2 Å². The molecule has 0 bridgehead atoms. The van der Waals surface area contributed by atoms with E-state index in [-0.39, 0.29) is 24.1 Å². The van der Waals surface area contributed by atoms with Crippen molar-refractivity contribution in [3.8, 4) is 5.69 Å². The maximum Gasteiger partial charge on any atom is 0.253 e. The lowest BCUT2D eigenvalue weighted by atomic mass is 10.0. The van der Waals surface area contributed by atoms with Crippen molar-refractivity contribution in [1.82, 2.24) is 20.1 Å². The molecule has 0 atom stereocenters. The Hall–Kier alpha value is -3.14. The molecule has 0 aliphatic carbocycles. The molecule has 0 fully saturated rings. The molecule has 5 rings (SSSR count). The fourth-order valence-electron chi connectivity index (χ4n) is 4.27. The SMILES string of the molecule is O=C(NCc1nnc(SCC(=O)N2CCCc3ccccc32)n1-c1ccccc1)c1cc(Br)ccc1Cl. The first-order valence-electron chi connectivity index (χ1n) is 11.8. The largest absolute Gasteiger partial charge is 0.345 e. The van der Waals surface area contributed by atoms with Crippen LogP contribution in [0.4, 0.5) is 5.69 Å². The summed E-state index contributed by atoms with van der Waals surface area (Å²) in [7, 11) is 0. The van der Waals surface area contributed by atoms with Gasteiger partial charge >= 0.3 is 0 Å². The second kappa shape index (κ2) is 11.5. The monoisotopic (exact) mass is 595 g/mol. The molecule has 188 valence electrons. The molecule has 10 heteroatoms. The number of nitrogens with one attached hydrogen (secondary N) is 1. The van der Waals surface area contributed by atoms with Crippen LogP contribution >= 0.6 is 39.3 Å². The average molecular weight is 597 g/mol. The molecule has 37 heavy (non-hydrogen) atoms. The van der Waals surface area contributed by atoms with Crippen molar-refractivity contribution in [3.05, 3.63) is 99.2 Å². The quantitative estimate of drug-likeness (QED) is 0.278. The summed E-state index contributed by atoms with van der Waals surface area (Å²) in [6, 6.07) is 22.8. The minimum absolute atomic E-state index is 0.0268. The number of rotatable bonds is 7. The molecule has 1 aromatic heterocycles. The molecule has 7 nitrogen and oxygen atoms in total. The van der Waals surface area contributed by atoms with Gasteiger partial charge in [0.05, 0.1) is 22.9 Å². The van der Waals surface area contributed by atoms with E-state index in [0.717, 1.165) is 28.7 Å². The number of carbonyl (C=O) groups is 2. The topological polar surface area (TPSA) is 80.1 Å². The second-order valence-corrected chi connectivity index (χ2v) is 10.7. The summed E-state index contributed by atoms with van der Waals surface area (Å²) in [4.78, 5) is 27.9. The number of aromatic nitrogens is 3. The third-order valence-electron chi connectivity index (χ3n) is 6.03. The summed E-state index contributed by atoms with van der Waals surface area (Å²) in [6.07, 6.45) is 1.93. The van der Waals surface area contributed by atoms with Crippen LogP contribution in [0.3, 0.4) is 0 Å². The smallest absolute Gasteiger partial charge is 0.253 e. The minimum atomic E-state index is -0.318. The van der Waals surface area contributed by atoms with Gasteiger partial charge < -0.3 is 10.2 Å². The molecule has 0 saturated carbocycles. The van der Waals surface area contributed by atoms with Gasteiger partial charge in [0, 0.05) is 22.4 Å². The molecule has 1 aliphatic rings. The van der Waals surface area contributed by atoms with E-state index in [1.54, 1.807) is 18.2 Å². The molecule has 0 unspecified atom stereocenters. The zero-order valence-electron chi connectivity index (χ0n) is 19.7. The highest BCUT2D eigenvalue weighted by atomic mass is 79.9. The molecular formula is C27H23BrClN5O2S. The third kappa shape index (κ3) is 5.74. The van der Waals surface area contributed by atoms with Crippen molar-refractivity contribution in [3.63, 3.8) is 0 Å². The van der Waals surface area contributed by atoms with E-state index in [2.05, 4.69) is 37.5 Å². The molecule has 2 amide bonds. The number of fused-ring (bicyclic) bond motifs is 1. The van der Waals surface area contributed by atoms with Crippen LogP contribution in [0.1, 0.15) is 28.2 Å². The summed E-state index contributed by atoms with van der Waals surface area (Å²) < 4.78 is 2.62. The first-order valence-corrected chi connectivity index (χ1v) is 13.9. The molecule has 1 aliphatic heterocycles. The van der Waals surface area contributed by atoms with Crippen LogP contribution in [0.5, 0.6) is 0 Å². The van der Waals surface area contributed by atoms with E-state index in [4.69, 9.17) is 11.6 Å². The van der Waals surface area contributed by atoms with Gasteiger partial charge in [0.15, 0.2) is 11.0 Å². The van der Waals surface area contributed by atoms with Crippen molar-refractivity contribution < 1.29 is 9.59 Å².